The van der Waals surface area contributed by atoms with Gasteiger partial charge in [-0.15, -0.1) is 0 Å². The van der Waals surface area contributed by atoms with Crippen LogP contribution in [0.4, 0.5) is 0 Å². The van der Waals surface area contributed by atoms with Crippen LogP contribution in [0, 0.1) is 0 Å². The Bertz CT molecular complexity index is 618. The van der Waals surface area contributed by atoms with E-state index >= 15 is 0 Å². The molecule has 0 fully saturated rings. The summed E-state index contributed by atoms with van der Waals surface area (Å²) in [4.78, 5) is 23.0. The first-order valence-electron chi connectivity index (χ1n) is 6.02. The summed E-state index contributed by atoms with van der Waals surface area (Å²) in [5.41, 5.74) is 0.807. The largest absolute Gasteiger partial charge is 0.466 e. The van der Waals surface area contributed by atoms with Crippen LogP contribution in [0.2, 0.25) is 5.02 Å². The van der Waals surface area contributed by atoms with Crippen LogP contribution < -0.4 is 0 Å². The number of carbonyl (C=O) groups excluding carboxylic acids is 2. The van der Waals surface area contributed by atoms with E-state index in [4.69, 9.17) is 16.3 Å². The van der Waals surface area contributed by atoms with Crippen LogP contribution in [0.25, 0.3) is 10.9 Å². The molecular formula is C14H14ClNO3. The SMILES string of the molecule is CCOC(=O)CC(=O)Cn1ccc2cccc(Cl)c21. The van der Waals surface area contributed by atoms with Gasteiger partial charge < -0.3 is 9.30 Å². The Labute approximate surface area is 115 Å². The highest BCUT2D eigenvalue weighted by Crippen LogP contribution is 2.24. The lowest BCUT2D eigenvalue weighted by molar-refractivity contribution is -0.145. The molecule has 1 aromatic heterocycles. The van der Waals surface area contributed by atoms with Crippen molar-refractivity contribution in [2.24, 2.45) is 0 Å². The fraction of sp³-hybridized carbons (Fsp3) is 0.286. The second kappa shape index (κ2) is 5.89. The van der Waals surface area contributed by atoms with E-state index in [1.165, 1.54) is 0 Å². The first kappa shape index (κ1) is 13.6. The van der Waals surface area contributed by atoms with Gasteiger partial charge in [-0.3, -0.25) is 9.59 Å². The zero-order valence-electron chi connectivity index (χ0n) is 10.6. The average Bonchev–Trinajstić information content (AvgIpc) is 2.74. The molecule has 4 nitrogen and oxygen atoms in total. The van der Waals surface area contributed by atoms with Gasteiger partial charge >= 0.3 is 5.97 Å². The molecule has 0 spiro atoms. The van der Waals surface area contributed by atoms with Gasteiger partial charge in [0.2, 0.25) is 0 Å². The molecule has 0 N–H and O–H groups in total. The second-order valence-corrected chi connectivity index (χ2v) is 4.55. The maximum Gasteiger partial charge on any atom is 0.313 e. The number of nitrogens with zero attached hydrogens (tertiary/aromatic N) is 1. The lowest BCUT2D eigenvalue weighted by Gasteiger charge is -2.06. The number of ketones is 1. The molecule has 5 heteroatoms. The molecule has 0 atom stereocenters. The molecule has 1 aromatic carbocycles. The maximum atomic E-state index is 11.8. The van der Waals surface area contributed by atoms with Gasteiger partial charge in [0.1, 0.15) is 6.42 Å². The van der Waals surface area contributed by atoms with E-state index in [9.17, 15) is 9.59 Å². The van der Waals surface area contributed by atoms with Crippen LogP contribution in [0.3, 0.4) is 0 Å². The highest BCUT2D eigenvalue weighted by atomic mass is 35.5. The zero-order chi connectivity index (χ0) is 13.8. The third-order valence-electron chi connectivity index (χ3n) is 2.73. The van der Waals surface area contributed by atoms with Crippen molar-refractivity contribution in [1.82, 2.24) is 4.57 Å². The van der Waals surface area contributed by atoms with Gasteiger partial charge in [-0.25, -0.2) is 0 Å². The van der Waals surface area contributed by atoms with Gasteiger partial charge in [0, 0.05) is 11.6 Å². The molecule has 0 bridgehead atoms. The summed E-state index contributed by atoms with van der Waals surface area (Å²) in [7, 11) is 0. The van der Waals surface area contributed by atoms with Crippen LogP contribution in [0.1, 0.15) is 13.3 Å². The number of ether oxygens (including phenoxy) is 1. The predicted molar refractivity (Wildman–Crippen MR) is 73.2 cm³/mol. The average molecular weight is 280 g/mol. The van der Waals surface area contributed by atoms with Crippen molar-refractivity contribution < 1.29 is 14.3 Å². The fourth-order valence-corrected chi connectivity index (χ4v) is 2.26. The van der Waals surface area contributed by atoms with Crippen LogP contribution in [-0.4, -0.2) is 22.9 Å². The van der Waals surface area contributed by atoms with E-state index in [1.807, 2.05) is 18.2 Å². The van der Waals surface area contributed by atoms with E-state index in [1.54, 1.807) is 23.8 Å². The summed E-state index contributed by atoms with van der Waals surface area (Å²) in [5, 5.41) is 1.56. The highest BCUT2D eigenvalue weighted by molar-refractivity contribution is 6.35. The van der Waals surface area contributed by atoms with E-state index in [0.717, 1.165) is 10.9 Å². The van der Waals surface area contributed by atoms with E-state index in [2.05, 4.69) is 0 Å². The first-order chi connectivity index (χ1) is 9.11. The fourth-order valence-electron chi connectivity index (χ4n) is 1.96. The molecule has 0 saturated heterocycles. The summed E-state index contributed by atoms with van der Waals surface area (Å²) in [6.07, 6.45) is 1.58. The Morgan fingerprint density at radius 3 is 2.84 bits per heavy atom. The molecule has 0 saturated carbocycles. The molecule has 2 rings (SSSR count). The van der Waals surface area contributed by atoms with Crippen molar-refractivity contribution in [3.05, 3.63) is 35.5 Å². The lowest BCUT2D eigenvalue weighted by Crippen LogP contribution is -2.15. The number of fused-ring (bicyclic) bond motifs is 1. The van der Waals surface area contributed by atoms with Crippen LogP contribution in [-0.2, 0) is 20.9 Å². The second-order valence-electron chi connectivity index (χ2n) is 4.14. The van der Waals surface area contributed by atoms with Crippen LogP contribution in [0.15, 0.2) is 30.5 Å². The maximum absolute atomic E-state index is 11.8. The minimum absolute atomic E-state index is 0.117. The Morgan fingerprint density at radius 1 is 1.32 bits per heavy atom. The van der Waals surface area contributed by atoms with Crippen molar-refractivity contribution in [2.75, 3.05) is 6.61 Å². The van der Waals surface area contributed by atoms with Crippen molar-refractivity contribution in [2.45, 2.75) is 19.9 Å². The molecule has 0 radical (unpaired) electrons. The van der Waals surface area contributed by atoms with Crippen LogP contribution in [0.5, 0.6) is 0 Å². The van der Waals surface area contributed by atoms with Gasteiger partial charge in [-0.1, -0.05) is 23.7 Å². The molecule has 19 heavy (non-hydrogen) atoms. The van der Waals surface area contributed by atoms with Crippen molar-refractivity contribution in [1.29, 1.82) is 0 Å². The van der Waals surface area contributed by atoms with Gasteiger partial charge in [0.05, 0.1) is 23.7 Å². The molecule has 0 unspecified atom stereocenters. The monoisotopic (exact) mass is 279 g/mol. The summed E-state index contributed by atoms with van der Waals surface area (Å²) in [6, 6.07) is 7.44. The number of halogens is 1. The topological polar surface area (TPSA) is 48.3 Å². The predicted octanol–water partition coefficient (Wildman–Crippen LogP) is 2.82. The number of esters is 1. The molecular weight excluding hydrogens is 266 g/mol. The minimum atomic E-state index is -0.491. The number of benzene rings is 1. The standard InChI is InChI=1S/C14H14ClNO3/c1-2-19-13(18)8-11(17)9-16-7-6-10-4-3-5-12(15)14(10)16/h3-7H,2,8-9H2,1H3. The zero-order valence-corrected chi connectivity index (χ0v) is 11.3. The van der Waals surface area contributed by atoms with Crippen molar-refractivity contribution in [3.63, 3.8) is 0 Å². The van der Waals surface area contributed by atoms with Gasteiger partial charge in [-0.05, 0) is 19.1 Å². The third kappa shape index (κ3) is 3.15. The van der Waals surface area contributed by atoms with E-state index in [-0.39, 0.29) is 25.4 Å². The van der Waals surface area contributed by atoms with Crippen molar-refractivity contribution in [3.8, 4) is 0 Å². The van der Waals surface area contributed by atoms with Gasteiger partial charge in [-0.2, -0.15) is 0 Å². The number of rotatable bonds is 5. The molecule has 0 aliphatic carbocycles. The van der Waals surface area contributed by atoms with E-state index in [0.29, 0.717) is 5.02 Å². The molecule has 0 aliphatic heterocycles. The van der Waals surface area contributed by atoms with Gasteiger partial charge in [0.15, 0.2) is 5.78 Å². The Balaban J connectivity index is 2.13. The van der Waals surface area contributed by atoms with Crippen molar-refractivity contribution >= 4 is 34.3 Å². The molecule has 0 amide bonds. The van der Waals surface area contributed by atoms with E-state index < -0.39 is 5.97 Å². The highest BCUT2D eigenvalue weighted by Gasteiger charge is 2.13. The smallest absolute Gasteiger partial charge is 0.313 e. The lowest BCUT2D eigenvalue weighted by atomic mass is 10.2. The molecule has 1 heterocycles. The first-order valence-corrected chi connectivity index (χ1v) is 6.40. The minimum Gasteiger partial charge on any atom is -0.466 e. The number of carbonyl (C=O) groups is 2. The number of hydrogen-bond acceptors (Lipinski definition) is 3. The number of Topliss-reactive ketones (excluding diaryl/α,β-unsaturated/α-hetero) is 1. The van der Waals surface area contributed by atoms with Crippen LogP contribution >= 0.6 is 11.6 Å². The quantitative estimate of drug-likeness (QED) is 0.625. The summed E-state index contributed by atoms with van der Waals surface area (Å²) in [5.74, 6) is -0.689. The Morgan fingerprint density at radius 2 is 2.11 bits per heavy atom. The number of para-hydroxylation sites is 1. The summed E-state index contributed by atoms with van der Waals surface area (Å²) < 4.78 is 6.50. The molecule has 0 aliphatic rings. The Hall–Kier alpha value is -1.81. The van der Waals surface area contributed by atoms with Gasteiger partial charge in [0.25, 0.3) is 0 Å². The Kier molecular flexibility index (Phi) is 4.22. The third-order valence-corrected chi connectivity index (χ3v) is 3.04. The molecule has 100 valence electrons. The number of hydrogen-bond donors (Lipinski definition) is 0. The molecule has 2 aromatic rings. The summed E-state index contributed by atoms with van der Waals surface area (Å²) in [6.45, 7) is 2.11. The summed E-state index contributed by atoms with van der Waals surface area (Å²) >= 11 is 6.12. The normalized spacial score (nSPS) is 10.6. The number of aromatic nitrogens is 1.